The zero-order chi connectivity index (χ0) is 18.8. The minimum atomic E-state index is -0.621. The average molecular weight is 422 g/mol. The maximum absolute atomic E-state index is 14.6. The summed E-state index contributed by atoms with van der Waals surface area (Å²) in [4.78, 5) is 12.5. The molecule has 0 aliphatic heterocycles. The lowest BCUT2D eigenvalue weighted by molar-refractivity contribution is 0.0946. The predicted octanol–water partition coefficient (Wildman–Crippen LogP) is 3.42. The normalized spacial score (nSPS) is 10.8. The molecule has 1 N–H and O–H groups in total. The van der Waals surface area contributed by atoms with Crippen LogP contribution in [0.2, 0.25) is 0 Å². The van der Waals surface area contributed by atoms with Crippen molar-refractivity contribution in [1.82, 2.24) is 15.1 Å². The zero-order valence-electron chi connectivity index (χ0n) is 14.5. The molecule has 0 bridgehead atoms. The van der Waals surface area contributed by atoms with Crippen LogP contribution < -0.4 is 14.8 Å². The Bertz CT molecular complexity index is 987. The number of nitrogens with zero attached hydrogens (tertiary/aromatic N) is 2. The number of carbonyl (C=O) groups excluding carboxylic acids is 1. The zero-order valence-corrected chi connectivity index (χ0v) is 16.1. The molecule has 0 saturated carbocycles. The van der Waals surface area contributed by atoms with Crippen molar-refractivity contribution in [3.05, 3.63) is 51.9 Å². The third-order valence-corrected chi connectivity index (χ3v) is 4.88. The molecule has 3 aromatic rings. The van der Waals surface area contributed by atoms with Crippen LogP contribution in [0.5, 0.6) is 11.5 Å². The van der Waals surface area contributed by atoms with E-state index in [2.05, 4.69) is 26.3 Å². The van der Waals surface area contributed by atoms with Gasteiger partial charge in [0.15, 0.2) is 5.82 Å². The fraction of sp³-hybridized carbons (Fsp3) is 0.222. The van der Waals surface area contributed by atoms with Crippen LogP contribution in [-0.2, 0) is 13.6 Å². The highest BCUT2D eigenvalue weighted by atomic mass is 79.9. The van der Waals surface area contributed by atoms with Crippen LogP contribution in [0.4, 0.5) is 4.39 Å². The number of aromatic nitrogens is 2. The summed E-state index contributed by atoms with van der Waals surface area (Å²) in [6.45, 7) is 0.187. The first-order chi connectivity index (χ1) is 12.5. The molecular weight excluding hydrogens is 405 g/mol. The molecular formula is C18H17BrFN3O3. The van der Waals surface area contributed by atoms with Crippen LogP contribution >= 0.6 is 15.9 Å². The third-order valence-electron chi connectivity index (χ3n) is 4.11. The maximum Gasteiger partial charge on any atom is 0.254 e. The molecule has 2 aromatic carbocycles. The Morgan fingerprint density at radius 3 is 2.77 bits per heavy atom. The van der Waals surface area contributed by atoms with Gasteiger partial charge >= 0.3 is 0 Å². The molecule has 0 radical (unpaired) electrons. The van der Waals surface area contributed by atoms with Gasteiger partial charge in [-0.05, 0) is 34.1 Å². The summed E-state index contributed by atoms with van der Waals surface area (Å²) in [5, 5.41) is 7.42. The number of ether oxygens (including phenoxy) is 2. The second-order valence-electron chi connectivity index (χ2n) is 5.61. The standard InChI is InChI=1S/C18H17BrFN3O3/c1-23-14-7-12(17(20)16(19)13(14)9-22-23)18(24)21-8-10-4-5-11(25-2)6-15(10)26-3/h4-7,9H,8H2,1-3H3,(H,21,24). The number of amides is 1. The van der Waals surface area contributed by atoms with Gasteiger partial charge in [-0.2, -0.15) is 5.10 Å². The van der Waals surface area contributed by atoms with Gasteiger partial charge in [0.25, 0.3) is 5.91 Å². The number of methoxy groups -OCH3 is 2. The van der Waals surface area contributed by atoms with Crippen molar-refractivity contribution in [2.75, 3.05) is 14.2 Å². The van der Waals surface area contributed by atoms with Crippen molar-refractivity contribution in [3.8, 4) is 11.5 Å². The van der Waals surface area contributed by atoms with E-state index in [1.165, 1.54) is 13.2 Å². The molecule has 0 spiro atoms. The van der Waals surface area contributed by atoms with Gasteiger partial charge in [-0.15, -0.1) is 0 Å². The quantitative estimate of drug-likeness (QED) is 0.685. The van der Waals surface area contributed by atoms with E-state index in [0.29, 0.717) is 22.4 Å². The summed E-state index contributed by atoms with van der Waals surface area (Å²) >= 11 is 3.21. The molecule has 0 fully saturated rings. The molecule has 1 aromatic heterocycles. The van der Waals surface area contributed by atoms with Crippen molar-refractivity contribution in [1.29, 1.82) is 0 Å². The highest BCUT2D eigenvalue weighted by molar-refractivity contribution is 9.10. The first-order valence-electron chi connectivity index (χ1n) is 7.75. The molecule has 1 heterocycles. The number of benzene rings is 2. The van der Waals surface area contributed by atoms with Crippen LogP contribution in [0.15, 0.2) is 34.9 Å². The number of hydrogen-bond donors (Lipinski definition) is 1. The predicted molar refractivity (Wildman–Crippen MR) is 99.1 cm³/mol. The Morgan fingerprint density at radius 2 is 2.08 bits per heavy atom. The summed E-state index contributed by atoms with van der Waals surface area (Å²) in [5.74, 6) is 0.0795. The second-order valence-corrected chi connectivity index (χ2v) is 6.41. The van der Waals surface area contributed by atoms with Crippen LogP contribution in [0.25, 0.3) is 10.9 Å². The summed E-state index contributed by atoms with van der Waals surface area (Å²) in [7, 11) is 4.83. The van der Waals surface area contributed by atoms with E-state index in [1.807, 2.05) is 0 Å². The van der Waals surface area contributed by atoms with E-state index in [4.69, 9.17) is 9.47 Å². The van der Waals surface area contributed by atoms with Gasteiger partial charge in [0.1, 0.15) is 11.5 Å². The van der Waals surface area contributed by atoms with E-state index in [-0.39, 0.29) is 16.6 Å². The van der Waals surface area contributed by atoms with Crippen molar-refractivity contribution in [2.45, 2.75) is 6.54 Å². The van der Waals surface area contributed by atoms with Crippen LogP contribution in [0.1, 0.15) is 15.9 Å². The second kappa shape index (κ2) is 7.33. The molecule has 0 aliphatic rings. The summed E-state index contributed by atoms with van der Waals surface area (Å²) < 4.78 is 26.8. The van der Waals surface area contributed by atoms with E-state index in [1.54, 1.807) is 43.2 Å². The molecule has 0 unspecified atom stereocenters. The summed E-state index contributed by atoms with van der Waals surface area (Å²) in [6, 6.07) is 6.76. The van der Waals surface area contributed by atoms with Gasteiger partial charge in [-0.3, -0.25) is 9.48 Å². The highest BCUT2D eigenvalue weighted by Gasteiger charge is 2.19. The Kier molecular flexibility index (Phi) is 5.13. The number of fused-ring (bicyclic) bond motifs is 1. The number of aryl methyl sites for hydroxylation is 1. The molecule has 0 saturated heterocycles. The molecule has 8 heteroatoms. The maximum atomic E-state index is 14.6. The summed E-state index contributed by atoms with van der Waals surface area (Å²) in [5.41, 5.74) is 1.36. The Labute approximate surface area is 158 Å². The summed E-state index contributed by atoms with van der Waals surface area (Å²) in [6.07, 6.45) is 1.55. The van der Waals surface area contributed by atoms with Crippen LogP contribution in [-0.4, -0.2) is 29.9 Å². The molecule has 0 atom stereocenters. The number of nitrogens with one attached hydrogen (secondary N) is 1. The van der Waals surface area contributed by atoms with E-state index in [9.17, 15) is 9.18 Å². The Morgan fingerprint density at radius 1 is 1.31 bits per heavy atom. The van der Waals surface area contributed by atoms with Crippen molar-refractivity contribution >= 4 is 32.7 Å². The lowest BCUT2D eigenvalue weighted by atomic mass is 10.1. The SMILES string of the molecule is COc1ccc(CNC(=O)c2cc3c(cnn3C)c(Br)c2F)c(OC)c1. The lowest BCUT2D eigenvalue weighted by Gasteiger charge is -2.12. The lowest BCUT2D eigenvalue weighted by Crippen LogP contribution is -2.24. The smallest absolute Gasteiger partial charge is 0.254 e. The topological polar surface area (TPSA) is 65.4 Å². The molecule has 6 nitrogen and oxygen atoms in total. The van der Waals surface area contributed by atoms with Gasteiger partial charge in [0, 0.05) is 30.6 Å². The molecule has 136 valence electrons. The van der Waals surface area contributed by atoms with Gasteiger partial charge in [0.05, 0.1) is 36.0 Å². The van der Waals surface area contributed by atoms with Crippen molar-refractivity contribution in [3.63, 3.8) is 0 Å². The first-order valence-corrected chi connectivity index (χ1v) is 8.54. The van der Waals surface area contributed by atoms with E-state index < -0.39 is 11.7 Å². The van der Waals surface area contributed by atoms with Crippen molar-refractivity contribution in [2.24, 2.45) is 7.05 Å². The first kappa shape index (κ1) is 18.2. The fourth-order valence-corrected chi connectivity index (χ4v) is 3.18. The average Bonchev–Trinajstić information content (AvgIpc) is 3.03. The van der Waals surface area contributed by atoms with Crippen LogP contribution in [0, 0.1) is 5.82 Å². The molecule has 26 heavy (non-hydrogen) atoms. The van der Waals surface area contributed by atoms with Gasteiger partial charge in [-0.1, -0.05) is 0 Å². The van der Waals surface area contributed by atoms with Gasteiger partial charge < -0.3 is 14.8 Å². The Hall–Kier alpha value is -2.61. The monoisotopic (exact) mass is 421 g/mol. The number of rotatable bonds is 5. The van der Waals surface area contributed by atoms with Crippen LogP contribution in [0.3, 0.4) is 0 Å². The van der Waals surface area contributed by atoms with Crippen molar-refractivity contribution < 1.29 is 18.7 Å². The third kappa shape index (κ3) is 3.24. The van der Waals surface area contributed by atoms with Gasteiger partial charge in [-0.25, -0.2) is 4.39 Å². The van der Waals surface area contributed by atoms with Gasteiger partial charge in [0.2, 0.25) is 0 Å². The molecule has 3 rings (SSSR count). The number of halogens is 2. The number of carbonyl (C=O) groups is 1. The highest BCUT2D eigenvalue weighted by Crippen LogP contribution is 2.29. The molecule has 1 amide bonds. The fourth-order valence-electron chi connectivity index (χ4n) is 2.66. The molecule has 0 aliphatic carbocycles. The number of hydrogen-bond acceptors (Lipinski definition) is 4. The van der Waals surface area contributed by atoms with E-state index in [0.717, 1.165) is 5.56 Å². The largest absolute Gasteiger partial charge is 0.497 e. The van der Waals surface area contributed by atoms with E-state index >= 15 is 0 Å². The minimum Gasteiger partial charge on any atom is -0.497 e. The Balaban J connectivity index is 1.86. The minimum absolute atomic E-state index is 0.0551.